The normalized spacial score (nSPS) is 15.3. The van der Waals surface area contributed by atoms with Gasteiger partial charge in [-0.3, -0.25) is 0 Å². The van der Waals surface area contributed by atoms with E-state index in [1.807, 2.05) is 0 Å². The molecule has 0 saturated heterocycles. The second kappa shape index (κ2) is 8.90. The SMILES string of the molecule is CCS(=O)(=O)c1cc2cc(CC(O)(CC(C)(C)c3ccccc3S(C)(=O)=O)C(F)(F)F)[nH]c2cn1. The quantitative estimate of drug-likeness (QED) is 0.454. The number of alkyl halides is 3. The maximum Gasteiger partial charge on any atom is 0.417 e. The van der Waals surface area contributed by atoms with Gasteiger partial charge in [0.05, 0.1) is 22.4 Å². The Hall–Kier alpha value is -2.44. The van der Waals surface area contributed by atoms with E-state index in [0.717, 1.165) is 6.26 Å². The third kappa shape index (κ3) is 5.54. The summed E-state index contributed by atoms with van der Waals surface area (Å²) in [6.45, 7) is 4.35. The van der Waals surface area contributed by atoms with Gasteiger partial charge in [-0.2, -0.15) is 13.2 Å². The zero-order chi connectivity index (χ0) is 26.4. The van der Waals surface area contributed by atoms with Gasteiger partial charge in [0.1, 0.15) is 0 Å². The van der Waals surface area contributed by atoms with Crippen molar-refractivity contribution in [2.24, 2.45) is 0 Å². The molecule has 3 rings (SSSR count). The minimum atomic E-state index is -5.05. The van der Waals surface area contributed by atoms with E-state index in [9.17, 15) is 35.1 Å². The lowest BCUT2D eigenvalue weighted by Crippen LogP contribution is -2.51. The molecule has 0 aliphatic heterocycles. The molecule has 192 valence electrons. The Kier molecular flexibility index (Phi) is 6.90. The summed E-state index contributed by atoms with van der Waals surface area (Å²) < 4.78 is 91.3. The second-order valence-corrected chi connectivity index (χ2v) is 13.6. The molecule has 1 aromatic carbocycles. The number of aromatic nitrogens is 2. The summed E-state index contributed by atoms with van der Waals surface area (Å²) in [5.74, 6) is -0.180. The Labute approximate surface area is 202 Å². The first-order valence-electron chi connectivity index (χ1n) is 10.7. The average molecular weight is 533 g/mol. The number of aromatic amines is 1. The highest BCUT2D eigenvalue weighted by Gasteiger charge is 2.56. The van der Waals surface area contributed by atoms with E-state index in [4.69, 9.17) is 0 Å². The van der Waals surface area contributed by atoms with Crippen molar-refractivity contribution in [3.05, 3.63) is 53.9 Å². The van der Waals surface area contributed by atoms with E-state index in [2.05, 4.69) is 9.97 Å². The Morgan fingerprint density at radius 2 is 1.69 bits per heavy atom. The van der Waals surface area contributed by atoms with Gasteiger partial charge in [0, 0.05) is 23.8 Å². The number of nitrogens with zero attached hydrogens (tertiary/aromatic N) is 1. The third-order valence-corrected chi connectivity index (χ3v) is 8.77. The van der Waals surface area contributed by atoms with Crippen molar-refractivity contribution in [1.29, 1.82) is 0 Å². The summed E-state index contributed by atoms with van der Waals surface area (Å²) in [7, 11) is -7.34. The molecule has 0 amide bonds. The number of hydrogen-bond donors (Lipinski definition) is 2. The van der Waals surface area contributed by atoms with Gasteiger partial charge in [0.2, 0.25) is 0 Å². The van der Waals surface area contributed by atoms with E-state index in [0.29, 0.717) is 10.9 Å². The minimum Gasteiger partial charge on any atom is -0.380 e. The maximum atomic E-state index is 14.2. The average Bonchev–Trinajstić information content (AvgIpc) is 3.13. The monoisotopic (exact) mass is 532 g/mol. The lowest BCUT2D eigenvalue weighted by atomic mass is 9.73. The summed E-state index contributed by atoms with van der Waals surface area (Å²) in [4.78, 5) is 6.55. The standard InChI is InChI=1S/C23H27F3N2O5S2/c1-5-35(32,33)20-11-15-10-16(28-18(15)13-27-20)12-22(29,23(24,25)26)14-21(2,3)17-8-6-7-9-19(17)34(4,30)31/h6-11,13,28-29H,5,12,14H2,1-4H3. The molecule has 12 heteroatoms. The van der Waals surface area contributed by atoms with Gasteiger partial charge in [0.15, 0.2) is 30.3 Å². The number of halogens is 3. The van der Waals surface area contributed by atoms with Crippen LogP contribution in [0.25, 0.3) is 10.9 Å². The van der Waals surface area contributed by atoms with Gasteiger partial charge < -0.3 is 10.1 Å². The Balaban J connectivity index is 2.03. The van der Waals surface area contributed by atoms with Crippen molar-refractivity contribution in [1.82, 2.24) is 9.97 Å². The highest BCUT2D eigenvalue weighted by atomic mass is 32.2. The topological polar surface area (TPSA) is 117 Å². The number of pyridine rings is 1. The number of hydrogen-bond acceptors (Lipinski definition) is 6. The van der Waals surface area contributed by atoms with Crippen molar-refractivity contribution < 1.29 is 35.1 Å². The molecule has 1 atom stereocenters. The number of benzene rings is 1. The smallest absolute Gasteiger partial charge is 0.380 e. The predicted molar refractivity (Wildman–Crippen MR) is 126 cm³/mol. The molecule has 2 heterocycles. The largest absolute Gasteiger partial charge is 0.417 e. The summed E-state index contributed by atoms with van der Waals surface area (Å²) in [5.41, 5.74) is -4.07. The molecule has 2 aromatic heterocycles. The fourth-order valence-electron chi connectivity index (χ4n) is 4.24. The molecule has 35 heavy (non-hydrogen) atoms. The number of aliphatic hydroxyl groups is 1. The van der Waals surface area contributed by atoms with Crippen LogP contribution >= 0.6 is 0 Å². The summed E-state index contributed by atoms with van der Waals surface area (Å²) in [5, 5.41) is 11.1. The molecule has 0 spiro atoms. The van der Waals surface area contributed by atoms with Crippen LogP contribution in [-0.4, -0.2) is 55.7 Å². The van der Waals surface area contributed by atoms with Gasteiger partial charge in [-0.05, 0) is 35.6 Å². The fourth-order valence-corrected chi connectivity index (χ4v) is 6.12. The van der Waals surface area contributed by atoms with E-state index in [1.54, 1.807) is 0 Å². The molecule has 0 bridgehead atoms. The van der Waals surface area contributed by atoms with E-state index < -0.39 is 49.7 Å². The Morgan fingerprint density at radius 3 is 2.26 bits per heavy atom. The second-order valence-electron chi connectivity index (χ2n) is 9.34. The van der Waals surface area contributed by atoms with Crippen LogP contribution in [0.15, 0.2) is 52.5 Å². The van der Waals surface area contributed by atoms with Crippen LogP contribution in [0.5, 0.6) is 0 Å². The zero-order valence-electron chi connectivity index (χ0n) is 19.6. The van der Waals surface area contributed by atoms with Gasteiger partial charge in [-0.15, -0.1) is 0 Å². The minimum absolute atomic E-state index is 0.0277. The van der Waals surface area contributed by atoms with Gasteiger partial charge in [-0.1, -0.05) is 39.0 Å². The molecule has 3 aromatic rings. The van der Waals surface area contributed by atoms with Crippen molar-refractivity contribution in [2.75, 3.05) is 12.0 Å². The predicted octanol–water partition coefficient (Wildman–Crippen LogP) is 3.96. The van der Waals surface area contributed by atoms with Crippen LogP contribution < -0.4 is 0 Å². The van der Waals surface area contributed by atoms with E-state index in [1.165, 1.54) is 63.4 Å². The van der Waals surface area contributed by atoms with Crippen molar-refractivity contribution in [2.45, 2.75) is 60.7 Å². The number of rotatable bonds is 8. The highest BCUT2D eigenvalue weighted by molar-refractivity contribution is 7.91. The van der Waals surface area contributed by atoms with E-state index in [-0.39, 0.29) is 26.9 Å². The molecule has 7 nitrogen and oxygen atoms in total. The van der Waals surface area contributed by atoms with E-state index >= 15 is 0 Å². The first kappa shape index (κ1) is 27.2. The third-order valence-electron chi connectivity index (χ3n) is 6.00. The fraction of sp³-hybridized carbons (Fsp3) is 0.435. The van der Waals surface area contributed by atoms with Crippen LogP contribution in [0.1, 0.15) is 38.4 Å². The van der Waals surface area contributed by atoms with Crippen molar-refractivity contribution in [3.63, 3.8) is 0 Å². The molecule has 0 aliphatic carbocycles. The highest BCUT2D eigenvalue weighted by Crippen LogP contribution is 2.44. The lowest BCUT2D eigenvalue weighted by Gasteiger charge is -2.38. The van der Waals surface area contributed by atoms with Crippen molar-refractivity contribution in [3.8, 4) is 0 Å². The molecule has 2 N–H and O–H groups in total. The first-order valence-corrected chi connectivity index (χ1v) is 14.2. The first-order chi connectivity index (χ1) is 15.9. The van der Waals surface area contributed by atoms with Crippen molar-refractivity contribution >= 4 is 30.6 Å². The van der Waals surface area contributed by atoms with Crippen LogP contribution in [0, 0.1) is 0 Å². The van der Waals surface area contributed by atoms with Gasteiger partial charge in [0.25, 0.3) is 0 Å². The molecule has 0 fully saturated rings. The molecule has 0 aliphatic rings. The van der Waals surface area contributed by atoms with Crippen LogP contribution in [0.2, 0.25) is 0 Å². The summed E-state index contributed by atoms with van der Waals surface area (Å²) in [6, 6.07) is 8.40. The Bertz CT molecular complexity index is 1460. The van der Waals surface area contributed by atoms with Gasteiger partial charge >= 0.3 is 6.18 Å². The molecular weight excluding hydrogens is 505 g/mol. The molecular formula is C23H27F3N2O5S2. The van der Waals surface area contributed by atoms with Gasteiger partial charge in [-0.25, -0.2) is 21.8 Å². The van der Waals surface area contributed by atoms with Crippen LogP contribution in [0.3, 0.4) is 0 Å². The number of fused-ring (bicyclic) bond motifs is 1. The zero-order valence-corrected chi connectivity index (χ0v) is 21.3. The number of H-pyrrole nitrogens is 1. The maximum absolute atomic E-state index is 14.2. The number of nitrogens with one attached hydrogen (secondary N) is 1. The molecule has 1 unspecified atom stereocenters. The summed E-state index contributed by atoms with van der Waals surface area (Å²) in [6.07, 6.45) is -4.52. The number of sulfone groups is 2. The Morgan fingerprint density at radius 1 is 1.06 bits per heavy atom. The lowest BCUT2D eigenvalue weighted by molar-refractivity contribution is -0.266. The van der Waals surface area contributed by atoms with Crippen LogP contribution in [0.4, 0.5) is 13.2 Å². The van der Waals surface area contributed by atoms with Crippen LogP contribution in [-0.2, 0) is 31.5 Å². The summed E-state index contributed by atoms with van der Waals surface area (Å²) >= 11 is 0. The molecule has 0 saturated carbocycles. The molecule has 0 radical (unpaired) electrons.